The number of aliphatic hydroxyl groups is 1. The summed E-state index contributed by atoms with van der Waals surface area (Å²) in [5, 5.41) is 9.33. The summed E-state index contributed by atoms with van der Waals surface area (Å²) in [6.07, 6.45) is 4.73. The molecule has 4 nitrogen and oxygen atoms in total. The zero-order chi connectivity index (χ0) is 14.4. The number of nitrogens with one attached hydrogen (secondary N) is 1. The van der Waals surface area contributed by atoms with Crippen LogP contribution in [0.15, 0.2) is 23.1 Å². The molecule has 0 heterocycles. The molecule has 0 aromatic heterocycles. The highest BCUT2D eigenvalue weighted by Crippen LogP contribution is 2.60. The smallest absolute Gasteiger partial charge is 0.240 e. The van der Waals surface area contributed by atoms with E-state index < -0.39 is 10.0 Å². The van der Waals surface area contributed by atoms with E-state index in [9.17, 15) is 8.42 Å². The fourth-order valence-corrected chi connectivity index (χ4v) is 4.20. The maximum Gasteiger partial charge on any atom is 0.240 e. The van der Waals surface area contributed by atoms with Crippen LogP contribution in [0.3, 0.4) is 0 Å². The van der Waals surface area contributed by atoms with Gasteiger partial charge in [0.25, 0.3) is 0 Å². The molecule has 2 N–H and O–H groups in total. The van der Waals surface area contributed by atoms with E-state index in [1.165, 1.54) is 25.0 Å². The Morgan fingerprint density at radius 1 is 1.35 bits per heavy atom. The highest BCUT2D eigenvalue weighted by atomic mass is 35.5. The third-order valence-electron chi connectivity index (χ3n) is 4.46. The van der Waals surface area contributed by atoms with E-state index >= 15 is 0 Å². The van der Waals surface area contributed by atoms with Crippen LogP contribution in [-0.2, 0) is 16.6 Å². The third-order valence-corrected chi connectivity index (χ3v) is 6.21. The van der Waals surface area contributed by atoms with Crippen molar-refractivity contribution < 1.29 is 13.5 Å². The maximum atomic E-state index is 12.3. The summed E-state index contributed by atoms with van der Waals surface area (Å²) in [6.45, 7) is 0.330. The first-order valence-corrected chi connectivity index (χ1v) is 8.72. The van der Waals surface area contributed by atoms with Crippen LogP contribution in [0.5, 0.6) is 0 Å². The fourth-order valence-electron chi connectivity index (χ4n) is 2.73. The second-order valence-corrected chi connectivity index (χ2v) is 8.05. The quantitative estimate of drug-likeness (QED) is 0.846. The van der Waals surface area contributed by atoms with Crippen LogP contribution in [-0.4, -0.2) is 20.1 Å². The van der Waals surface area contributed by atoms with Crippen LogP contribution < -0.4 is 4.72 Å². The molecule has 6 heteroatoms. The number of benzene rings is 1. The van der Waals surface area contributed by atoms with Gasteiger partial charge in [0, 0.05) is 11.6 Å². The van der Waals surface area contributed by atoms with Gasteiger partial charge in [0.2, 0.25) is 10.0 Å². The van der Waals surface area contributed by atoms with Crippen molar-refractivity contribution in [2.45, 2.75) is 37.2 Å². The monoisotopic (exact) mass is 315 g/mol. The zero-order valence-electron chi connectivity index (χ0n) is 11.1. The zero-order valence-corrected chi connectivity index (χ0v) is 12.7. The van der Waals surface area contributed by atoms with Crippen molar-refractivity contribution in [3.8, 4) is 0 Å². The molecule has 0 bridgehead atoms. The van der Waals surface area contributed by atoms with Crippen molar-refractivity contribution >= 4 is 21.6 Å². The largest absolute Gasteiger partial charge is 0.392 e. The van der Waals surface area contributed by atoms with Gasteiger partial charge < -0.3 is 5.11 Å². The Morgan fingerprint density at radius 2 is 2.05 bits per heavy atom. The minimum absolute atomic E-state index is 0.159. The minimum atomic E-state index is -3.52. The van der Waals surface area contributed by atoms with Gasteiger partial charge in [0.1, 0.15) is 0 Å². The molecule has 3 rings (SSSR count). The molecule has 0 atom stereocenters. The first-order valence-electron chi connectivity index (χ1n) is 6.86. The van der Waals surface area contributed by atoms with Gasteiger partial charge in [-0.05, 0) is 54.7 Å². The average molecular weight is 316 g/mol. The highest BCUT2D eigenvalue weighted by molar-refractivity contribution is 7.89. The summed E-state index contributed by atoms with van der Waals surface area (Å²) in [4.78, 5) is 0.159. The summed E-state index contributed by atoms with van der Waals surface area (Å²) in [5.74, 6) is 0.713. The van der Waals surface area contributed by atoms with Gasteiger partial charge in [-0.3, -0.25) is 0 Å². The van der Waals surface area contributed by atoms with Crippen molar-refractivity contribution in [1.82, 2.24) is 4.72 Å². The van der Waals surface area contributed by atoms with Gasteiger partial charge in [0.15, 0.2) is 0 Å². The standard InChI is InChI=1S/C14H18ClNO3S/c15-13-7-12(4-1-10(13)8-17)20(18,19)16-9-14(5-6-14)11-2-3-11/h1,4,7,11,16-17H,2-3,5-6,8-9H2. The lowest BCUT2D eigenvalue weighted by Crippen LogP contribution is -2.31. The van der Waals surface area contributed by atoms with Crippen molar-refractivity contribution in [3.05, 3.63) is 28.8 Å². The van der Waals surface area contributed by atoms with Crippen LogP contribution in [0.1, 0.15) is 31.2 Å². The Bertz CT molecular complexity index is 621. The van der Waals surface area contributed by atoms with Gasteiger partial charge in [0.05, 0.1) is 11.5 Å². The van der Waals surface area contributed by atoms with E-state index in [2.05, 4.69) is 4.72 Å². The number of aliphatic hydroxyl groups excluding tert-OH is 1. The predicted octanol–water partition coefficient (Wildman–Crippen LogP) is 2.30. The Morgan fingerprint density at radius 3 is 2.55 bits per heavy atom. The molecule has 20 heavy (non-hydrogen) atoms. The number of sulfonamides is 1. The average Bonchev–Trinajstić information content (AvgIpc) is 3.28. The van der Waals surface area contributed by atoms with Gasteiger partial charge in [-0.2, -0.15) is 0 Å². The van der Waals surface area contributed by atoms with Crippen LogP contribution in [0.4, 0.5) is 0 Å². The van der Waals surface area contributed by atoms with Crippen LogP contribution in [0, 0.1) is 11.3 Å². The Hall–Kier alpha value is -0.620. The summed E-state index contributed by atoms with van der Waals surface area (Å²) in [7, 11) is -3.52. The Labute approximate surface area is 124 Å². The molecule has 2 aliphatic carbocycles. The molecule has 0 spiro atoms. The molecular weight excluding hydrogens is 298 g/mol. The summed E-state index contributed by atoms with van der Waals surface area (Å²) in [6, 6.07) is 4.42. The SMILES string of the molecule is O=S(=O)(NCC1(C2CC2)CC1)c1ccc(CO)c(Cl)c1. The molecule has 1 aromatic carbocycles. The first-order chi connectivity index (χ1) is 9.47. The number of hydrogen-bond acceptors (Lipinski definition) is 3. The topological polar surface area (TPSA) is 66.4 Å². The molecule has 0 amide bonds. The highest BCUT2D eigenvalue weighted by Gasteiger charge is 2.53. The molecule has 0 unspecified atom stereocenters. The van der Waals surface area contributed by atoms with Crippen LogP contribution in [0.25, 0.3) is 0 Å². The van der Waals surface area contributed by atoms with E-state index in [-0.39, 0.29) is 21.9 Å². The van der Waals surface area contributed by atoms with Gasteiger partial charge >= 0.3 is 0 Å². The molecule has 2 aliphatic rings. The second-order valence-electron chi connectivity index (χ2n) is 5.87. The number of halogens is 1. The Kier molecular flexibility index (Phi) is 3.57. The molecule has 0 aliphatic heterocycles. The van der Waals surface area contributed by atoms with Gasteiger partial charge in [-0.1, -0.05) is 17.7 Å². The summed E-state index contributed by atoms with van der Waals surface area (Å²) >= 11 is 5.95. The third kappa shape index (κ3) is 2.72. The van der Waals surface area contributed by atoms with Crippen molar-refractivity contribution in [1.29, 1.82) is 0 Å². The van der Waals surface area contributed by atoms with E-state index in [0.29, 0.717) is 18.0 Å². The number of hydrogen-bond donors (Lipinski definition) is 2. The van der Waals surface area contributed by atoms with Crippen LogP contribution >= 0.6 is 11.6 Å². The lowest BCUT2D eigenvalue weighted by molar-refractivity contribution is 0.282. The first kappa shape index (κ1) is 14.3. The minimum Gasteiger partial charge on any atom is -0.392 e. The summed E-state index contributed by atoms with van der Waals surface area (Å²) in [5.41, 5.74) is 0.754. The van der Waals surface area contributed by atoms with Crippen molar-refractivity contribution in [2.24, 2.45) is 11.3 Å². The normalized spacial score (nSPS) is 20.9. The molecule has 1 aromatic rings. The van der Waals surface area contributed by atoms with E-state index in [1.54, 1.807) is 6.07 Å². The maximum absolute atomic E-state index is 12.3. The fraction of sp³-hybridized carbons (Fsp3) is 0.571. The molecule has 2 saturated carbocycles. The van der Waals surface area contributed by atoms with Crippen molar-refractivity contribution in [2.75, 3.05) is 6.54 Å². The molecule has 0 radical (unpaired) electrons. The lowest BCUT2D eigenvalue weighted by atomic mass is 10.0. The van der Waals surface area contributed by atoms with Crippen molar-refractivity contribution in [3.63, 3.8) is 0 Å². The van der Waals surface area contributed by atoms with Crippen LogP contribution in [0.2, 0.25) is 5.02 Å². The second kappa shape index (κ2) is 4.98. The molecule has 110 valence electrons. The molecule has 2 fully saturated rings. The molecule has 0 saturated heterocycles. The summed E-state index contributed by atoms with van der Waals surface area (Å²) < 4.78 is 27.3. The number of rotatable bonds is 6. The predicted molar refractivity (Wildman–Crippen MR) is 77.0 cm³/mol. The molecular formula is C14H18ClNO3S. The van der Waals surface area contributed by atoms with E-state index in [0.717, 1.165) is 12.8 Å². The van der Waals surface area contributed by atoms with Gasteiger partial charge in [-0.25, -0.2) is 13.1 Å². The van der Waals surface area contributed by atoms with Gasteiger partial charge in [-0.15, -0.1) is 0 Å². The Balaban J connectivity index is 1.73. The lowest BCUT2D eigenvalue weighted by Gasteiger charge is -2.15. The van der Waals surface area contributed by atoms with E-state index in [4.69, 9.17) is 16.7 Å². The van der Waals surface area contributed by atoms with E-state index in [1.807, 2.05) is 0 Å².